The SMILES string of the molecule is Cc1cc(OC(F)(F)F)c2cc(C)ccc2c1. The molecule has 0 unspecified atom stereocenters. The van der Waals surface area contributed by atoms with Gasteiger partial charge in [0.05, 0.1) is 0 Å². The topological polar surface area (TPSA) is 9.23 Å². The number of benzene rings is 2. The molecule has 90 valence electrons. The summed E-state index contributed by atoms with van der Waals surface area (Å²) in [5.74, 6) is -0.142. The Kier molecular flexibility index (Phi) is 2.73. The fourth-order valence-corrected chi connectivity index (χ4v) is 1.79. The lowest BCUT2D eigenvalue weighted by Gasteiger charge is -2.12. The molecule has 17 heavy (non-hydrogen) atoms. The standard InChI is InChI=1S/C13H11F3O/c1-8-3-4-10-5-9(2)7-12(11(10)6-8)17-13(14,15)16/h3-7H,1-2H3. The normalized spacial score (nSPS) is 11.8. The van der Waals surface area contributed by atoms with Gasteiger partial charge in [-0.15, -0.1) is 13.2 Å². The van der Waals surface area contributed by atoms with Gasteiger partial charge in [-0.05, 0) is 36.9 Å². The van der Waals surface area contributed by atoms with Crippen LogP contribution in [0.5, 0.6) is 5.75 Å². The van der Waals surface area contributed by atoms with E-state index in [9.17, 15) is 13.2 Å². The Bertz CT molecular complexity index is 558. The van der Waals surface area contributed by atoms with E-state index in [1.165, 1.54) is 6.07 Å². The first kappa shape index (κ1) is 11.8. The number of aryl methyl sites for hydroxylation is 2. The highest BCUT2D eigenvalue weighted by Gasteiger charge is 2.31. The van der Waals surface area contributed by atoms with Crippen molar-refractivity contribution in [2.45, 2.75) is 20.2 Å². The summed E-state index contributed by atoms with van der Waals surface area (Å²) in [5, 5.41) is 1.22. The average Bonchev–Trinajstić information content (AvgIpc) is 2.16. The van der Waals surface area contributed by atoms with E-state index in [1.54, 1.807) is 19.1 Å². The highest BCUT2D eigenvalue weighted by atomic mass is 19.4. The monoisotopic (exact) mass is 240 g/mol. The second-order valence-electron chi connectivity index (χ2n) is 4.04. The Morgan fingerprint density at radius 3 is 2.29 bits per heavy atom. The number of rotatable bonds is 1. The molecule has 0 bridgehead atoms. The van der Waals surface area contributed by atoms with Crippen molar-refractivity contribution in [1.82, 2.24) is 0 Å². The third-order valence-corrected chi connectivity index (χ3v) is 2.44. The Morgan fingerprint density at radius 1 is 0.941 bits per heavy atom. The van der Waals surface area contributed by atoms with E-state index in [2.05, 4.69) is 4.74 Å². The summed E-state index contributed by atoms with van der Waals surface area (Å²) in [4.78, 5) is 0. The van der Waals surface area contributed by atoms with Gasteiger partial charge in [-0.3, -0.25) is 0 Å². The minimum atomic E-state index is -4.66. The number of hydrogen-bond acceptors (Lipinski definition) is 1. The highest BCUT2D eigenvalue weighted by Crippen LogP contribution is 2.32. The molecule has 0 aliphatic rings. The summed E-state index contributed by atoms with van der Waals surface area (Å²) >= 11 is 0. The van der Waals surface area contributed by atoms with Crippen molar-refractivity contribution in [3.05, 3.63) is 41.5 Å². The second-order valence-corrected chi connectivity index (χ2v) is 4.04. The molecule has 0 aliphatic carbocycles. The lowest BCUT2D eigenvalue weighted by Crippen LogP contribution is -2.17. The molecule has 2 aromatic rings. The van der Waals surface area contributed by atoms with Gasteiger partial charge in [0, 0.05) is 5.39 Å². The first-order valence-corrected chi connectivity index (χ1v) is 5.12. The van der Waals surface area contributed by atoms with E-state index in [0.29, 0.717) is 5.39 Å². The summed E-state index contributed by atoms with van der Waals surface area (Å²) in [6.07, 6.45) is -4.66. The maximum Gasteiger partial charge on any atom is 0.573 e. The Labute approximate surface area is 96.8 Å². The van der Waals surface area contributed by atoms with Crippen LogP contribution in [0.25, 0.3) is 10.8 Å². The van der Waals surface area contributed by atoms with Gasteiger partial charge in [-0.2, -0.15) is 0 Å². The molecular formula is C13H11F3O. The summed E-state index contributed by atoms with van der Waals surface area (Å²) in [7, 11) is 0. The van der Waals surface area contributed by atoms with Crippen molar-refractivity contribution in [2.75, 3.05) is 0 Å². The molecular weight excluding hydrogens is 229 g/mol. The molecule has 0 aliphatic heterocycles. The van der Waals surface area contributed by atoms with Gasteiger partial charge in [0.15, 0.2) is 0 Å². The van der Waals surface area contributed by atoms with Gasteiger partial charge >= 0.3 is 6.36 Å². The largest absolute Gasteiger partial charge is 0.573 e. The number of hydrogen-bond donors (Lipinski definition) is 0. The van der Waals surface area contributed by atoms with Crippen LogP contribution in [0.3, 0.4) is 0 Å². The summed E-state index contributed by atoms with van der Waals surface area (Å²) in [6, 6.07) is 8.57. The zero-order chi connectivity index (χ0) is 12.6. The molecule has 0 saturated heterocycles. The molecule has 0 heterocycles. The lowest BCUT2D eigenvalue weighted by molar-refractivity contribution is -0.274. The number of alkyl halides is 3. The smallest absolute Gasteiger partial charge is 0.405 e. The molecule has 2 aromatic carbocycles. The molecule has 0 atom stereocenters. The lowest BCUT2D eigenvalue weighted by atomic mass is 10.0. The van der Waals surface area contributed by atoms with Crippen molar-refractivity contribution < 1.29 is 17.9 Å². The van der Waals surface area contributed by atoms with Crippen molar-refractivity contribution in [1.29, 1.82) is 0 Å². The van der Waals surface area contributed by atoms with E-state index in [-0.39, 0.29) is 5.75 Å². The minimum Gasteiger partial charge on any atom is -0.405 e. The minimum absolute atomic E-state index is 0.142. The van der Waals surface area contributed by atoms with E-state index < -0.39 is 6.36 Å². The fraction of sp³-hybridized carbons (Fsp3) is 0.231. The Hall–Kier alpha value is -1.71. The third-order valence-electron chi connectivity index (χ3n) is 2.44. The third kappa shape index (κ3) is 2.70. The zero-order valence-electron chi connectivity index (χ0n) is 9.43. The molecule has 0 aromatic heterocycles. The van der Waals surface area contributed by atoms with Crippen LogP contribution >= 0.6 is 0 Å². The van der Waals surface area contributed by atoms with Gasteiger partial charge in [-0.1, -0.05) is 23.8 Å². The molecule has 1 nitrogen and oxygen atoms in total. The van der Waals surface area contributed by atoms with Crippen LogP contribution in [-0.4, -0.2) is 6.36 Å². The van der Waals surface area contributed by atoms with Gasteiger partial charge in [-0.25, -0.2) is 0 Å². The molecule has 0 spiro atoms. The Morgan fingerprint density at radius 2 is 1.65 bits per heavy atom. The highest BCUT2D eigenvalue weighted by molar-refractivity contribution is 5.89. The van der Waals surface area contributed by atoms with E-state index in [4.69, 9.17) is 0 Å². The average molecular weight is 240 g/mol. The molecule has 0 radical (unpaired) electrons. The van der Waals surface area contributed by atoms with Gasteiger partial charge in [0.1, 0.15) is 5.75 Å². The van der Waals surface area contributed by atoms with E-state index >= 15 is 0 Å². The molecule has 4 heteroatoms. The van der Waals surface area contributed by atoms with Crippen LogP contribution in [-0.2, 0) is 0 Å². The summed E-state index contributed by atoms with van der Waals surface area (Å²) < 4.78 is 40.9. The van der Waals surface area contributed by atoms with Crippen LogP contribution in [0.15, 0.2) is 30.3 Å². The zero-order valence-corrected chi connectivity index (χ0v) is 9.43. The fourth-order valence-electron chi connectivity index (χ4n) is 1.79. The number of ether oxygens (including phenoxy) is 1. The van der Waals surface area contributed by atoms with Crippen LogP contribution in [0, 0.1) is 13.8 Å². The van der Waals surface area contributed by atoms with E-state index in [0.717, 1.165) is 16.5 Å². The molecule has 0 N–H and O–H groups in total. The molecule has 0 fully saturated rings. The number of fused-ring (bicyclic) bond motifs is 1. The van der Waals surface area contributed by atoms with Gasteiger partial charge in [0.2, 0.25) is 0 Å². The summed E-state index contributed by atoms with van der Waals surface area (Å²) in [6.45, 7) is 3.57. The van der Waals surface area contributed by atoms with Crippen molar-refractivity contribution in [3.63, 3.8) is 0 Å². The van der Waals surface area contributed by atoms with Gasteiger partial charge < -0.3 is 4.74 Å². The van der Waals surface area contributed by atoms with Crippen LogP contribution in [0.2, 0.25) is 0 Å². The first-order valence-electron chi connectivity index (χ1n) is 5.12. The number of halogens is 3. The van der Waals surface area contributed by atoms with Crippen molar-refractivity contribution in [2.24, 2.45) is 0 Å². The predicted molar refractivity (Wildman–Crippen MR) is 60.1 cm³/mol. The van der Waals surface area contributed by atoms with Crippen molar-refractivity contribution in [3.8, 4) is 5.75 Å². The quantitative estimate of drug-likeness (QED) is 0.719. The molecule has 0 saturated carbocycles. The summed E-state index contributed by atoms with van der Waals surface area (Å²) in [5.41, 5.74) is 1.63. The van der Waals surface area contributed by atoms with Crippen LogP contribution < -0.4 is 4.74 Å². The van der Waals surface area contributed by atoms with Crippen molar-refractivity contribution >= 4 is 10.8 Å². The van der Waals surface area contributed by atoms with Crippen LogP contribution in [0.1, 0.15) is 11.1 Å². The molecule has 2 rings (SSSR count). The Balaban J connectivity index is 2.63. The second kappa shape index (κ2) is 3.95. The first-order chi connectivity index (χ1) is 7.85. The molecule has 0 amide bonds. The van der Waals surface area contributed by atoms with E-state index in [1.807, 2.05) is 19.1 Å². The maximum absolute atomic E-state index is 12.3. The van der Waals surface area contributed by atoms with Gasteiger partial charge in [0.25, 0.3) is 0 Å². The predicted octanol–water partition coefficient (Wildman–Crippen LogP) is 4.36. The van der Waals surface area contributed by atoms with Crippen LogP contribution in [0.4, 0.5) is 13.2 Å². The maximum atomic E-state index is 12.3.